The van der Waals surface area contributed by atoms with Gasteiger partial charge in [-0.05, 0) is 81.8 Å². The molecule has 0 spiro atoms. The van der Waals surface area contributed by atoms with Crippen molar-refractivity contribution in [3.63, 3.8) is 0 Å². The molecule has 1 fully saturated rings. The molecule has 7 nitrogen and oxygen atoms in total. The summed E-state index contributed by atoms with van der Waals surface area (Å²) in [6.07, 6.45) is -1.54. The Labute approximate surface area is 226 Å². The largest absolute Gasteiger partial charge is 0.478 e. The fraction of sp³-hybridized carbons (Fsp3) is 0.483. The van der Waals surface area contributed by atoms with Crippen molar-refractivity contribution in [2.24, 2.45) is 11.8 Å². The Bertz CT molecular complexity index is 1170. The van der Waals surface area contributed by atoms with Crippen LogP contribution >= 0.6 is 0 Å². The van der Waals surface area contributed by atoms with Crippen LogP contribution in [0.3, 0.4) is 0 Å². The molecule has 0 unspecified atom stereocenters. The quantitative estimate of drug-likeness (QED) is 0.357. The fourth-order valence-electron chi connectivity index (χ4n) is 4.52. The maximum Gasteiger partial charge on any atom is 0.420 e. The Balaban J connectivity index is 0.00000260. The number of hydrogen-bond acceptors (Lipinski definition) is 5. The number of rotatable bonds is 7. The molecule has 1 aliphatic carbocycles. The number of alkyl halides is 3. The van der Waals surface area contributed by atoms with Crippen molar-refractivity contribution in [3.8, 4) is 11.5 Å². The Morgan fingerprint density at radius 2 is 1.62 bits per heavy atom. The average Bonchev–Trinajstić information content (AvgIpc) is 2.89. The lowest BCUT2D eigenvalue weighted by atomic mass is 9.82. The van der Waals surface area contributed by atoms with E-state index < -0.39 is 35.0 Å². The molecule has 3 rings (SSSR count). The van der Waals surface area contributed by atoms with Crippen LogP contribution in [0.4, 0.5) is 18.9 Å². The van der Waals surface area contributed by atoms with E-state index in [2.05, 4.69) is 6.92 Å². The Morgan fingerprint density at radius 1 is 1.00 bits per heavy atom. The van der Waals surface area contributed by atoms with Gasteiger partial charge in [-0.15, -0.1) is 0 Å². The highest BCUT2D eigenvalue weighted by atomic mass is 19.4. The zero-order chi connectivity index (χ0) is 29.5. The molecule has 1 saturated carbocycles. The number of hydrogen-bond donors (Lipinski definition) is 1. The van der Waals surface area contributed by atoms with E-state index in [-0.39, 0.29) is 34.9 Å². The van der Waals surface area contributed by atoms with Crippen molar-refractivity contribution in [2.45, 2.75) is 72.5 Å². The highest BCUT2D eigenvalue weighted by Gasteiger charge is 2.36. The lowest BCUT2D eigenvalue weighted by molar-refractivity contribution is -0.138. The first-order valence-electron chi connectivity index (χ1n) is 13.0. The third kappa shape index (κ3) is 7.74. The summed E-state index contributed by atoms with van der Waals surface area (Å²) in [6.45, 7) is 9.78. The minimum absolute atomic E-state index is 0.0399. The SMILES string of the molecule is CC.COC(=O)c1cc(Oc2ccc(C(=O)O)cc2C(F)(F)F)ccc1N(C(=O)C1CCC(C)CC1)C(C)C. The van der Waals surface area contributed by atoms with Crippen molar-refractivity contribution >= 4 is 23.5 Å². The molecule has 0 heterocycles. The number of carbonyl (C=O) groups is 3. The molecule has 0 bridgehead atoms. The maximum absolute atomic E-state index is 13.6. The number of nitrogens with zero attached hydrogens (tertiary/aromatic N) is 1. The van der Waals surface area contributed by atoms with Gasteiger partial charge in [-0.3, -0.25) is 4.79 Å². The monoisotopic (exact) mass is 551 g/mol. The van der Waals surface area contributed by atoms with Crippen LogP contribution in [-0.4, -0.2) is 36.1 Å². The zero-order valence-electron chi connectivity index (χ0n) is 23.1. The van der Waals surface area contributed by atoms with Crippen LogP contribution in [-0.2, 0) is 15.7 Å². The number of halogens is 3. The minimum atomic E-state index is -4.88. The van der Waals surface area contributed by atoms with Gasteiger partial charge < -0.3 is 19.5 Å². The van der Waals surface area contributed by atoms with Gasteiger partial charge in [0.2, 0.25) is 5.91 Å². The van der Waals surface area contributed by atoms with Crippen LogP contribution in [0.2, 0.25) is 0 Å². The molecule has 0 radical (unpaired) electrons. The summed E-state index contributed by atoms with van der Waals surface area (Å²) in [6, 6.07) is 6.11. The molecule has 1 N–H and O–H groups in total. The van der Waals surface area contributed by atoms with Gasteiger partial charge in [-0.25, -0.2) is 9.59 Å². The van der Waals surface area contributed by atoms with Crippen molar-refractivity contribution in [1.29, 1.82) is 0 Å². The number of ether oxygens (including phenoxy) is 2. The number of esters is 1. The van der Waals surface area contributed by atoms with E-state index in [0.717, 1.165) is 44.9 Å². The second-order valence-corrected chi connectivity index (χ2v) is 9.55. The second kappa shape index (κ2) is 13.5. The van der Waals surface area contributed by atoms with Gasteiger partial charge in [0.05, 0.1) is 29.5 Å². The predicted molar refractivity (Wildman–Crippen MR) is 141 cm³/mol. The van der Waals surface area contributed by atoms with Crippen LogP contribution in [0.5, 0.6) is 11.5 Å². The summed E-state index contributed by atoms with van der Waals surface area (Å²) in [5.41, 5.74) is -1.59. The first-order chi connectivity index (χ1) is 18.3. The molecule has 39 heavy (non-hydrogen) atoms. The van der Waals surface area contributed by atoms with Crippen LogP contribution in [0.1, 0.15) is 86.6 Å². The molecule has 2 aromatic rings. The number of carbonyl (C=O) groups excluding carboxylic acids is 2. The fourth-order valence-corrected chi connectivity index (χ4v) is 4.52. The second-order valence-electron chi connectivity index (χ2n) is 9.55. The molecule has 0 aromatic heterocycles. The molecule has 1 aliphatic rings. The van der Waals surface area contributed by atoms with Crippen LogP contribution < -0.4 is 9.64 Å². The van der Waals surface area contributed by atoms with Crippen LogP contribution in [0.25, 0.3) is 0 Å². The highest BCUT2D eigenvalue weighted by molar-refractivity contribution is 6.04. The number of benzene rings is 2. The van der Waals surface area contributed by atoms with E-state index in [9.17, 15) is 27.6 Å². The van der Waals surface area contributed by atoms with Gasteiger partial charge in [-0.1, -0.05) is 20.8 Å². The van der Waals surface area contributed by atoms with Crippen molar-refractivity contribution in [2.75, 3.05) is 12.0 Å². The molecule has 1 amide bonds. The van der Waals surface area contributed by atoms with E-state index in [4.69, 9.17) is 14.6 Å². The first-order valence-corrected chi connectivity index (χ1v) is 13.0. The van der Waals surface area contributed by atoms with Crippen molar-refractivity contribution in [1.82, 2.24) is 0 Å². The number of anilines is 1. The van der Waals surface area contributed by atoms with Gasteiger partial charge in [0.15, 0.2) is 0 Å². The third-order valence-corrected chi connectivity index (χ3v) is 6.51. The zero-order valence-corrected chi connectivity index (χ0v) is 23.1. The Kier molecular flexibility index (Phi) is 10.9. The summed E-state index contributed by atoms with van der Waals surface area (Å²) in [7, 11) is 1.16. The molecular formula is C29H36F3NO6. The Hall–Kier alpha value is -3.56. The number of amides is 1. The van der Waals surface area contributed by atoms with Gasteiger partial charge in [0.25, 0.3) is 0 Å². The van der Waals surface area contributed by atoms with Crippen LogP contribution in [0, 0.1) is 11.8 Å². The highest BCUT2D eigenvalue weighted by Crippen LogP contribution is 2.40. The number of carboxylic acid groups (broad SMARTS) is 1. The molecule has 0 saturated heterocycles. The summed E-state index contributed by atoms with van der Waals surface area (Å²) in [5.74, 6) is -2.81. The number of aromatic carboxylic acids is 1. The normalized spacial score (nSPS) is 17.1. The van der Waals surface area contributed by atoms with E-state index in [1.807, 2.05) is 27.7 Å². The van der Waals surface area contributed by atoms with Gasteiger partial charge >= 0.3 is 18.1 Å². The summed E-state index contributed by atoms with van der Waals surface area (Å²) in [4.78, 5) is 38.9. The van der Waals surface area contributed by atoms with Gasteiger partial charge in [-0.2, -0.15) is 13.2 Å². The molecule has 0 atom stereocenters. The van der Waals surface area contributed by atoms with E-state index >= 15 is 0 Å². The smallest absolute Gasteiger partial charge is 0.420 e. The summed E-state index contributed by atoms with van der Waals surface area (Å²) >= 11 is 0. The number of carboxylic acids is 1. The Morgan fingerprint density at radius 3 is 2.13 bits per heavy atom. The van der Waals surface area contributed by atoms with Crippen molar-refractivity contribution in [3.05, 3.63) is 53.1 Å². The molecule has 214 valence electrons. The lowest BCUT2D eigenvalue weighted by Crippen LogP contribution is -2.43. The van der Waals surface area contributed by atoms with E-state index in [1.165, 1.54) is 23.1 Å². The predicted octanol–water partition coefficient (Wildman–Crippen LogP) is 7.58. The van der Waals surface area contributed by atoms with Crippen molar-refractivity contribution < 1.29 is 42.1 Å². The van der Waals surface area contributed by atoms with Crippen LogP contribution in [0.15, 0.2) is 36.4 Å². The topological polar surface area (TPSA) is 93.1 Å². The molecule has 0 aliphatic heterocycles. The molecule has 10 heteroatoms. The van der Waals surface area contributed by atoms with Gasteiger partial charge in [0.1, 0.15) is 11.5 Å². The maximum atomic E-state index is 13.6. The van der Waals surface area contributed by atoms with E-state index in [0.29, 0.717) is 12.0 Å². The summed E-state index contributed by atoms with van der Waals surface area (Å²) in [5, 5.41) is 9.07. The standard InChI is InChI=1S/C27H30F3NO6.C2H6/c1-15(2)31(24(32)17-7-5-16(3)6-8-17)22-11-10-19(14-20(22)26(35)36-4)37-23-12-9-18(25(33)34)13-21(23)27(28,29)30;1-2/h9-17H,5-8H2,1-4H3,(H,33,34);1-2H3. The number of methoxy groups -OCH3 is 1. The first kappa shape index (κ1) is 31.7. The van der Waals surface area contributed by atoms with Gasteiger partial charge in [0, 0.05) is 12.0 Å². The lowest BCUT2D eigenvalue weighted by Gasteiger charge is -2.34. The minimum Gasteiger partial charge on any atom is -0.478 e. The summed E-state index contributed by atoms with van der Waals surface area (Å²) < 4.78 is 51.2. The molecular weight excluding hydrogens is 515 g/mol. The third-order valence-electron chi connectivity index (χ3n) is 6.51. The van der Waals surface area contributed by atoms with E-state index in [1.54, 1.807) is 0 Å². The molecule has 2 aromatic carbocycles. The average molecular weight is 552 g/mol.